The zero-order valence-electron chi connectivity index (χ0n) is 20.7. The quantitative estimate of drug-likeness (QED) is 0.640. The van der Waals surface area contributed by atoms with E-state index in [2.05, 4.69) is 39.8 Å². The molecule has 2 aliphatic rings. The van der Waals surface area contributed by atoms with Crippen molar-refractivity contribution >= 4 is 11.7 Å². The number of anilines is 1. The summed E-state index contributed by atoms with van der Waals surface area (Å²) in [5, 5.41) is 0. The van der Waals surface area contributed by atoms with Crippen LogP contribution in [0.15, 0.2) is 23.1 Å². The highest BCUT2D eigenvalue weighted by Crippen LogP contribution is 2.26. The maximum absolute atomic E-state index is 10.8. The van der Waals surface area contributed by atoms with Crippen molar-refractivity contribution in [2.75, 3.05) is 31.1 Å². The van der Waals surface area contributed by atoms with Crippen molar-refractivity contribution in [3.63, 3.8) is 0 Å². The fourth-order valence-corrected chi connectivity index (χ4v) is 4.44. The number of aromatic nitrogens is 3. The molecule has 0 spiro atoms. The van der Waals surface area contributed by atoms with Gasteiger partial charge in [-0.25, -0.2) is 9.97 Å². The van der Waals surface area contributed by atoms with Crippen LogP contribution in [0.5, 0.6) is 0 Å². The number of carbonyl (C=O) groups excluding carboxylic acids is 1. The number of rotatable bonds is 7. The third-order valence-corrected chi connectivity index (χ3v) is 6.52. The molecule has 0 aromatic carbocycles. The molecular formula is C26H39N5O2. The van der Waals surface area contributed by atoms with Crippen LogP contribution < -0.4 is 10.5 Å². The summed E-state index contributed by atoms with van der Waals surface area (Å²) in [6, 6.07) is 3.82. The molecular weight excluding hydrogens is 414 g/mol. The van der Waals surface area contributed by atoms with Gasteiger partial charge in [-0.2, -0.15) is 0 Å². The maximum Gasteiger partial charge on any atom is 0.248 e. The normalized spacial score (nSPS) is 16.7. The number of Topliss-reactive ketones (excluding diaryl/α,β-unsaturated/α-hetero) is 1. The topological polar surface area (TPSA) is 82.2 Å². The summed E-state index contributed by atoms with van der Waals surface area (Å²) in [5.74, 6) is 0.871. The van der Waals surface area contributed by atoms with Gasteiger partial charge in [0.15, 0.2) is 5.78 Å². The molecule has 2 aromatic heterocycles. The molecule has 180 valence electrons. The summed E-state index contributed by atoms with van der Waals surface area (Å²) in [7, 11) is 0. The van der Waals surface area contributed by atoms with E-state index in [1.165, 1.54) is 63.0 Å². The first-order chi connectivity index (χ1) is 15.9. The van der Waals surface area contributed by atoms with Gasteiger partial charge in [0.05, 0.1) is 0 Å². The SMILES string of the molecule is CC(=O)c1cc(C)[nH]c(=O)c1.CCCc1cnc(N2CCN(C3CCC3)CC2)nc1CCC. The first-order valence-corrected chi connectivity index (χ1v) is 12.5. The van der Waals surface area contributed by atoms with Crippen LogP contribution in [0.1, 0.15) is 80.2 Å². The third-order valence-electron chi connectivity index (χ3n) is 6.52. The lowest BCUT2D eigenvalue weighted by Gasteiger charge is -2.43. The molecule has 3 heterocycles. The maximum atomic E-state index is 10.8. The van der Waals surface area contributed by atoms with E-state index >= 15 is 0 Å². The lowest BCUT2D eigenvalue weighted by Crippen LogP contribution is -2.52. The van der Waals surface area contributed by atoms with E-state index in [0.717, 1.165) is 44.3 Å². The second-order valence-corrected chi connectivity index (χ2v) is 9.22. The highest BCUT2D eigenvalue weighted by molar-refractivity contribution is 5.93. The Morgan fingerprint density at radius 1 is 1.09 bits per heavy atom. The van der Waals surface area contributed by atoms with Crippen molar-refractivity contribution in [3.8, 4) is 0 Å². The van der Waals surface area contributed by atoms with Gasteiger partial charge in [0, 0.05) is 61.4 Å². The Labute approximate surface area is 197 Å². The van der Waals surface area contributed by atoms with Crippen molar-refractivity contribution in [2.24, 2.45) is 0 Å². The molecule has 2 fully saturated rings. The zero-order valence-corrected chi connectivity index (χ0v) is 20.7. The minimum absolute atomic E-state index is 0.0841. The number of piperazine rings is 1. The standard InChI is InChI=1S/C18H30N4.C8H9NO2/c1-3-6-15-14-19-18(20-17(15)7-4-2)22-12-10-21(11-13-22)16-8-5-9-16;1-5-3-7(6(2)10)4-8(11)9-5/h14,16H,3-13H2,1-2H3;3-4H,1-2H3,(H,9,11). The van der Waals surface area contributed by atoms with Crippen LogP contribution in [0.2, 0.25) is 0 Å². The van der Waals surface area contributed by atoms with Gasteiger partial charge in [0.25, 0.3) is 0 Å². The van der Waals surface area contributed by atoms with Crippen molar-refractivity contribution in [2.45, 2.75) is 78.7 Å². The van der Waals surface area contributed by atoms with E-state index in [9.17, 15) is 9.59 Å². The summed E-state index contributed by atoms with van der Waals surface area (Å²) in [6.45, 7) is 12.1. The molecule has 1 saturated heterocycles. The zero-order chi connectivity index (χ0) is 23.8. The van der Waals surface area contributed by atoms with E-state index in [4.69, 9.17) is 4.98 Å². The summed E-state index contributed by atoms with van der Waals surface area (Å²) in [5.41, 5.74) is 3.57. The van der Waals surface area contributed by atoms with E-state index in [-0.39, 0.29) is 11.3 Å². The van der Waals surface area contributed by atoms with Gasteiger partial charge in [-0.3, -0.25) is 14.5 Å². The minimum atomic E-state index is -0.227. The Bertz CT molecular complexity index is 975. The predicted molar refractivity (Wildman–Crippen MR) is 133 cm³/mol. The summed E-state index contributed by atoms with van der Waals surface area (Å²) >= 11 is 0. The molecule has 1 aliphatic carbocycles. The van der Waals surface area contributed by atoms with Gasteiger partial charge < -0.3 is 9.88 Å². The van der Waals surface area contributed by atoms with Crippen LogP contribution in [0.4, 0.5) is 5.95 Å². The van der Waals surface area contributed by atoms with Crippen LogP contribution in [-0.4, -0.2) is 57.9 Å². The van der Waals surface area contributed by atoms with E-state index in [1.807, 2.05) is 0 Å². The molecule has 0 radical (unpaired) electrons. The lowest BCUT2D eigenvalue weighted by atomic mass is 9.91. The fraction of sp³-hybridized carbons (Fsp3) is 0.615. The third kappa shape index (κ3) is 6.97. The Hall–Kier alpha value is -2.54. The number of aromatic amines is 1. The smallest absolute Gasteiger partial charge is 0.248 e. The van der Waals surface area contributed by atoms with Gasteiger partial charge in [-0.15, -0.1) is 0 Å². The fourth-order valence-electron chi connectivity index (χ4n) is 4.44. The predicted octanol–water partition coefficient (Wildman–Crippen LogP) is 3.94. The Morgan fingerprint density at radius 2 is 1.79 bits per heavy atom. The lowest BCUT2D eigenvalue weighted by molar-refractivity contribution is 0.101. The van der Waals surface area contributed by atoms with E-state index in [0.29, 0.717) is 11.3 Å². The number of nitrogens with zero attached hydrogens (tertiary/aromatic N) is 4. The molecule has 33 heavy (non-hydrogen) atoms. The van der Waals surface area contributed by atoms with Gasteiger partial charge in [-0.05, 0) is 51.2 Å². The molecule has 1 saturated carbocycles. The number of ketones is 1. The summed E-state index contributed by atoms with van der Waals surface area (Å²) < 4.78 is 0. The second-order valence-electron chi connectivity index (χ2n) is 9.22. The van der Waals surface area contributed by atoms with Crippen molar-refractivity contribution in [3.05, 3.63) is 51.2 Å². The molecule has 1 N–H and O–H groups in total. The second kappa shape index (κ2) is 12.1. The van der Waals surface area contributed by atoms with Crippen LogP contribution in [0.3, 0.4) is 0 Å². The van der Waals surface area contributed by atoms with Gasteiger partial charge in [0.2, 0.25) is 11.5 Å². The summed E-state index contributed by atoms with van der Waals surface area (Å²) in [4.78, 5) is 38.8. The number of hydrogen-bond donors (Lipinski definition) is 1. The Balaban J connectivity index is 0.000000235. The highest BCUT2D eigenvalue weighted by atomic mass is 16.1. The molecule has 7 nitrogen and oxygen atoms in total. The van der Waals surface area contributed by atoms with Crippen molar-refractivity contribution in [1.29, 1.82) is 0 Å². The number of aryl methyl sites for hydroxylation is 3. The largest absolute Gasteiger partial charge is 0.338 e. The van der Waals surface area contributed by atoms with Crippen LogP contribution >= 0.6 is 0 Å². The van der Waals surface area contributed by atoms with Gasteiger partial charge >= 0.3 is 0 Å². The minimum Gasteiger partial charge on any atom is -0.338 e. The first kappa shape index (κ1) is 25.1. The monoisotopic (exact) mass is 453 g/mol. The number of nitrogens with one attached hydrogen (secondary N) is 1. The number of pyridine rings is 1. The average molecular weight is 454 g/mol. The molecule has 2 aromatic rings. The number of carbonyl (C=O) groups is 1. The molecule has 0 unspecified atom stereocenters. The molecule has 0 atom stereocenters. The van der Waals surface area contributed by atoms with Crippen LogP contribution in [-0.2, 0) is 12.8 Å². The molecule has 1 aliphatic heterocycles. The van der Waals surface area contributed by atoms with Crippen molar-refractivity contribution < 1.29 is 4.79 Å². The van der Waals surface area contributed by atoms with Gasteiger partial charge in [-0.1, -0.05) is 33.1 Å². The Morgan fingerprint density at radius 3 is 2.33 bits per heavy atom. The van der Waals surface area contributed by atoms with Gasteiger partial charge in [0.1, 0.15) is 0 Å². The molecule has 7 heteroatoms. The number of hydrogen-bond acceptors (Lipinski definition) is 6. The number of H-pyrrole nitrogens is 1. The summed E-state index contributed by atoms with van der Waals surface area (Å²) in [6.07, 6.45) is 10.8. The molecule has 0 amide bonds. The highest BCUT2D eigenvalue weighted by Gasteiger charge is 2.28. The van der Waals surface area contributed by atoms with Crippen LogP contribution in [0.25, 0.3) is 0 Å². The molecule has 4 rings (SSSR count). The Kier molecular flexibility index (Phi) is 9.18. The van der Waals surface area contributed by atoms with E-state index < -0.39 is 0 Å². The first-order valence-electron chi connectivity index (χ1n) is 12.5. The van der Waals surface area contributed by atoms with Crippen LogP contribution in [0, 0.1) is 6.92 Å². The average Bonchev–Trinajstić information content (AvgIpc) is 2.74. The van der Waals surface area contributed by atoms with E-state index in [1.54, 1.807) is 13.0 Å². The molecule has 0 bridgehead atoms. The van der Waals surface area contributed by atoms with Crippen molar-refractivity contribution in [1.82, 2.24) is 19.9 Å².